The van der Waals surface area contributed by atoms with Gasteiger partial charge in [0.05, 0.1) is 50.2 Å². The van der Waals surface area contributed by atoms with Crippen LogP contribution in [0.3, 0.4) is 0 Å². The van der Waals surface area contributed by atoms with Crippen molar-refractivity contribution in [3.8, 4) is 134 Å². The molecule has 0 saturated heterocycles. The van der Waals surface area contributed by atoms with Gasteiger partial charge < -0.3 is 18.9 Å². The molecule has 0 radical (unpaired) electrons. The third-order valence-corrected chi connectivity index (χ3v) is 29.7. The monoisotopic (exact) mass is 1780 g/mol. The van der Waals surface area contributed by atoms with E-state index in [2.05, 4.69) is 567 Å². The second kappa shape index (κ2) is 34.1. The van der Waals surface area contributed by atoms with Crippen LogP contribution in [0.4, 0.5) is 34.1 Å². The Kier molecular flexibility index (Phi) is 20.2. The number of rotatable bonds is 19. The fourth-order valence-electron chi connectivity index (χ4n) is 23.5. The fraction of sp³-hybridized carbons (Fsp3) is 0.0294. The highest BCUT2D eigenvalue weighted by Crippen LogP contribution is 2.61. The molecule has 2 heterocycles. The molecule has 2 aliphatic rings. The number of fused-ring (bicyclic) bond motifs is 12. The first-order valence-electron chi connectivity index (χ1n) is 48.6. The minimum atomic E-state index is -0.755. The van der Waals surface area contributed by atoms with Gasteiger partial charge in [-0.2, -0.15) is 0 Å². The number of benzene rings is 22. The lowest BCUT2D eigenvalue weighted by Crippen LogP contribution is -2.28. The molecule has 4 nitrogen and oxygen atoms in total. The smallest absolute Gasteiger partial charge is 0.0713 e. The summed E-state index contributed by atoms with van der Waals surface area (Å²) in [6.45, 7) is 4.77. The lowest BCUT2D eigenvalue weighted by Gasteiger charge is -2.34. The molecule has 26 rings (SSSR count). The molecule has 140 heavy (non-hydrogen) atoms. The standard InChI is InChI=1S/C136H94N4/c1-135(2)119-66-30-26-61-115(119)134-122(135)68-39-75-130(134)139(128-73-37-64-108(95-46-15-6-16-47-95)132(128)114-60-24-22-55-106(114)93-42-11-4-12-43-93)102-83-78-96(79-84-102)117-89-97(80-87-126(117)140-123-69-32-27-57-111(123)112-58-28-33-70-124(112)140)91-76-81-100(82-77-91)136(99-49-17-7-18-50-99)120-67-31-25-56-110(120)118-90-104(85-86-121(118)136)137(127-72-36-63-107(94-44-13-5-14-45-94)131(127)113-59-23-21-54-105(113)92-40-9-3-10-41-92)103-53-35-48-98(88-103)109-65-38-74-129-133(109)116-62-29-34-71-125(116)138(129)101-51-19-8-20-52-101/h3-90H,1-2H3. The molecule has 0 amide bonds. The fourth-order valence-corrected chi connectivity index (χ4v) is 23.5. The van der Waals surface area contributed by atoms with E-state index in [1.54, 1.807) is 0 Å². The first-order valence-corrected chi connectivity index (χ1v) is 48.6. The Balaban J connectivity index is 0.648. The average Bonchev–Trinajstić information content (AvgIpc) is 1.53. The number of para-hydroxylation sites is 4. The summed E-state index contributed by atoms with van der Waals surface area (Å²) in [4.78, 5) is 5.12. The van der Waals surface area contributed by atoms with Crippen LogP contribution >= 0.6 is 0 Å². The van der Waals surface area contributed by atoms with E-state index in [1.807, 2.05) is 0 Å². The van der Waals surface area contributed by atoms with Gasteiger partial charge in [-0.05, 0) is 237 Å². The Hall–Kier alpha value is -18.0. The van der Waals surface area contributed by atoms with E-state index >= 15 is 0 Å². The summed E-state index contributed by atoms with van der Waals surface area (Å²) in [5.41, 5.74) is 44.9. The highest BCUT2D eigenvalue weighted by molar-refractivity contribution is 6.17. The van der Waals surface area contributed by atoms with Gasteiger partial charge in [-0.1, -0.05) is 445 Å². The zero-order valence-corrected chi connectivity index (χ0v) is 77.6. The summed E-state index contributed by atoms with van der Waals surface area (Å²) in [6, 6.07) is 199. The number of aromatic nitrogens is 2. The second-order valence-electron chi connectivity index (χ2n) is 37.6. The topological polar surface area (TPSA) is 16.3 Å². The van der Waals surface area contributed by atoms with Gasteiger partial charge >= 0.3 is 0 Å². The summed E-state index contributed by atoms with van der Waals surface area (Å²) < 4.78 is 4.91. The molecular weight excluding hydrogens is 1690 g/mol. The van der Waals surface area contributed by atoms with Crippen molar-refractivity contribution in [2.45, 2.75) is 24.7 Å². The number of nitrogens with zero attached hydrogens (tertiary/aromatic N) is 4. The molecular formula is C136H94N4. The van der Waals surface area contributed by atoms with Crippen molar-refractivity contribution in [3.63, 3.8) is 0 Å². The van der Waals surface area contributed by atoms with Crippen LogP contribution in [0.2, 0.25) is 0 Å². The maximum Gasteiger partial charge on any atom is 0.0713 e. The van der Waals surface area contributed by atoms with Crippen molar-refractivity contribution in [1.82, 2.24) is 9.13 Å². The minimum Gasteiger partial charge on any atom is -0.310 e. The first-order chi connectivity index (χ1) is 69.3. The molecule has 658 valence electrons. The highest BCUT2D eigenvalue weighted by atomic mass is 15.2. The predicted molar refractivity (Wildman–Crippen MR) is 588 cm³/mol. The van der Waals surface area contributed by atoms with Crippen LogP contribution < -0.4 is 9.80 Å². The Bertz CT molecular complexity index is 8870. The van der Waals surface area contributed by atoms with Gasteiger partial charge in [-0.15, -0.1) is 0 Å². The quantitative estimate of drug-likeness (QED) is 0.0802. The van der Waals surface area contributed by atoms with Crippen LogP contribution in [0.15, 0.2) is 534 Å². The first kappa shape index (κ1) is 82.7. The lowest BCUT2D eigenvalue weighted by atomic mass is 9.67. The molecule has 2 aromatic heterocycles. The van der Waals surface area contributed by atoms with Crippen LogP contribution in [0.25, 0.3) is 177 Å². The molecule has 0 spiro atoms. The molecule has 4 heteroatoms. The summed E-state index contributed by atoms with van der Waals surface area (Å²) in [5.74, 6) is 0. The van der Waals surface area contributed by atoms with E-state index in [1.165, 1.54) is 88.3 Å². The van der Waals surface area contributed by atoms with E-state index < -0.39 is 5.41 Å². The summed E-state index contributed by atoms with van der Waals surface area (Å²) >= 11 is 0. The summed E-state index contributed by atoms with van der Waals surface area (Å²) in [6.07, 6.45) is 0. The van der Waals surface area contributed by atoms with Crippen molar-refractivity contribution in [2.75, 3.05) is 9.80 Å². The number of hydrogen-bond acceptors (Lipinski definition) is 2. The van der Waals surface area contributed by atoms with Crippen LogP contribution in [-0.2, 0) is 10.8 Å². The Morgan fingerprint density at radius 1 is 0.186 bits per heavy atom. The van der Waals surface area contributed by atoms with E-state index in [9.17, 15) is 0 Å². The van der Waals surface area contributed by atoms with Gasteiger partial charge in [-0.3, -0.25) is 0 Å². The van der Waals surface area contributed by atoms with Gasteiger partial charge in [0, 0.05) is 72.0 Å². The van der Waals surface area contributed by atoms with Crippen LogP contribution in [0.1, 0.15) is 47.2 Å². The molecule has 1 atom stereocenters. The number of hydrogen-bond donors (Lipinski definition) is 0. The van der Waals surface area contributed by atoms with Crippen LogP contribution in [0, 0.1) is 0 Å². The normalized spacial score (nSPS) is 13.3. The highest BCUT2D eigenvalue weighted by Gasteiger charge is 2.47. The zero-order chi connectivity index (χ0) is 92.9. The van der Waals surface area contributed by atoms with Gasteiger partial charge in [0.2, 0.25) is 0 Å². The summed E-state index contributed by atoms with van der Waals surface area (Å²) in [7, 11) is 0. The molecule has 22 aromatic carbocycles. The van der Waals surface area contributed by atoms with E-state index in [4.69, 9.17) is 0 Å². The number of anilines is 6. The molecule has 0 saturated carbocycles. The van der Waals surface area contributed by atoms with E-state index in [0.29, 0.717) is 0 Å². The third-order valence-electron chi connectivity index (χ3n) is 29.7. The van der Waals surface area contributed by atoms with Crippen molar-refractivity contribution >= 4 is 77.7 Å². The van der Waals surface area contributed by atoms with Crippen molar-refractivity contribution in [1.29, 1.82) is 0 Å². The predicted octanol–water partition coefficient (Wildman–Crippen LogP) is 36.5. The third kappa shape index (κ3) is 13.5. The second-order valence-corrected chi connectivity index (χ2v) is 37.6. The maximum atomic E-state index is 2.57. The molecule has 1 unspecified atom stereocenters. The average molecular weight is 1780 g/mol. The van der Waals surface area contributed by atoms with Crippen LogP contribution in [-0.4, -0.2) is 9.13 Å². The Morgan fingerprint density at radius 2 is 0.571 bits per heavy atom. The van der Waals surface area contributed by atoms with Crippen molar-refractivity contribution < 1.29 is 0 Å². The van der Waals surface area contributed by atoms with Gasteiger partial charge in [0.15, 0.2) is 0 Å². The lowest BCUT2D eigenvalue weighted by molar-refractivity contribution is 0.660. The Labute approximate surface area is 816 Å². The summed E-state index contributed by atoms with van der Waals surface area (Å²) in [5, 5.41) is 4.83. The molecule has 0 N–H and O–H groups in total. The van der Waals surface area contributed by atoms with Crippen molar-refractivity contribution in [3.05, 3.63) is 567 Å². The van der Waals surface area contributed by atoms with Gasteiger partial charge in [0.1, 0.15) is 0 Å². The maximum absolute atomic E-state index is 2.57. The molecule has 2 aliphatic carbocycles. The van der Waals surface area contributed by atoms with Crippen LogP contribution in [0.5, 0.6) is 0 Å². The molecule has 0 fully saturated rings. The SMILES string of the molecule is CC1(C)c2ccccc2-c2c(N(c3ccc(-c4cc(-c5ccc(C6(c7ccccc7)c7ccccc7-c7cc(N(c8cccc(-c9cccc%10c9c9ccccc9n%10-c9ccccc9)c8)c8cccc(-c9ccccc9)c8-c8ccccc8-c8ccccc8)ccc76)cc5)ccc4-n4c5ccccc5c5ccccc54)cc3)c3cccc(-c4ccccc4)c3-c3ccccc3-c3ccccc3)cccc21. The minimum absolute atomic E-state index is 0.254. The largest absolute Gasteiger partial charge is 0.310 e. The Morgan fingerprint density at radius 3 is 1.17 bits per heavy atom. The molecule has 0 aliphatic heterocycles. The van der Waals surface area contributed by atoms with Gasteiger partial charge in [-0.25, -0.2) is 0 Å². The van der Waals surface area contributed by atoms with Crippen molar-refractivity contribution in [2.24, 2.45) is 0 Å². The molecule has 0 bridgehead atoms. The molecule has 24 aromatic rings. The van der Waals surface area contributed by atoms with E-state index in [0.717, 1.165) is 157 Å². The van der Waals surface area contributed by atoms with E-state index in [-0.39, 0.29) is 5.41 Å². The zero-order valence-electron chi connectivity index (χ0n) is 77.6. The van der Waals surface area contributed by atoms with Gasteiger partial charge in [0.25, 0.3) is 0 Å².